The number of aliphatic carboxylic acids is 1. The Morgan fingerprint density at radius 2 is 2.30 bits per heavy atom. The van der Waals surface area contributed by atoms with Gasteiger partial charge in [0.15, 0.2) is 0 Å². The number of nitriles is 1. The van der Waals surface area contributed by atoms with Crippen molar-refractivity contribution >= 4 is 29.3 Å². The van der Waals surface area contributed by atoms with Crippen LogP contribution in [0.1, 0.15) is 34.5 Å². The fourth-order valence-corrected chi connectivity index (χ4v) is 2.76. The second kappa shape index (κ2) is 6.35. The average Bonchev–Trinajstić information content (AvgIpc) is 3.14. The highest BCUT2D eigenvalue weighted by atomic mass is 32.1. The van der Waals surface area contributed by atoms with E-state index in [2.05, 4.69) is 6.07 Å². The van der Waals surface area contributed by atoms with Gasteiger partial charge in [0.1, 0.15) is 0 Å². The molecule has 1 aromatic rings. The van der Waals surface area contributed by atoms with Gasteiger partial charge in [0.05, 0.1) is 17.4 Å². The molecule has 0 spiro atoms. The second-order valence-electron chi connectivity index (χ2n) is 4.51. The minimum absolute atomic E-state index is 0.109. The smallest absolute Gasteiger partial charge is 0.328 e. The van der Waals surface area contributed by atoms with E-state index in [1.54, 1.807) is 16.3 Å². The van der Waals surface area contributed by atoms with Crippen molar-refractivity contribution in [1.29, 1.82) is 5.26 Å². The Balaban J connectivity index is 2.17. The summed E-state index contributed by atoms with van der Waals surface area (Å²) >= 11 is 1.30. The van der Waals surface area contributed by atoms with E-state index in [4.69, 9.17) is 10.4 Å². The second-order valence-corrected chi connectivity index (χ2v) is 5.43. The lowest BCUT2D eigenvalue weighted by atomic mass is 10.2. The van der Waals surface area contributed by atoms with E-state index >= 15 is 0 Å². The van der Waals surface area contributed by atoms with Gasteiger partial charge in [0, 0.05) is 18.7 Å². The highest BCUT2D eigenvalue weighted by Gasteiger charge is 2.33. The van der Waals surface area contributed by atoms with Crippen LogP contribution in [0.4, 0.5) is 0 Å². The molecule has 1 saturated carbocycles. The number of carbonyl (C=O) groups is 2. The molecular formula is C14H14N2O3S. The summed E-state index contributed by atoms with van der Waals surface area (Å²) in [5, 5.41) is 19.1. The summed E-state index contributed by atoms with van der Waals surface area (Å²) in [6.45, 7) is 0.431. The maximum Gasteiger partial charge on any atom is 0.328 e. The van der Waals surface area contributed by atoms with Crippen molar-refractivity contribution in [1.82, 2.24) is 4.90 Å². The molecular weight excluding hydrogens is 276 g/mol. The summed E-state index contributed by atoms with van der Waals surface area (Å²) in [4.78, 5) is 25.3. The Kier molecular flexibility index (Phi) is 4.53. The van der Waals surface area contributed by atoms with Crippen molar-refractivity contribution in [2.75, 3.05) is 6.54 Å². The number of carbonyl (C=O) groups excluding carboxylic acids is 1. The van der Waals surface area contributed by atoms with Crippen LogP contribution in [0.3, 0.4) is 0 Å². The van der Waals surface area contributed by atoms with E-state index in [9.17, 15) is 9.59 Å². The number of rotatable bonds is 6. The lowest BCUT2D eigenvalue weighted by Crippen LogP contribution is -2.33. The molecule has 6 heteroatoms. The summed E-state index contributed by atoms with van der Waals surface area (Å²) in [6.07, 6.45) is 4.72. The highest BCUT2D eigenvalue weighted by Crippen LogP contribution is 2.30. The zero-order valence-electron chi connectivity index (χ0n) is 10.8. The van der Waals surface area contributed by atoms with Crippen LogP contribution in [-0.2, 0) is 4.79 Å². The van der Waals surface area contributed by atoms with E-state index in [0.29, 0.717) is 23.4 Å². The molecule has 1 aliphatic rings. The van der Waals surface area contributed by atoms with Gasteiger partial charge in [-0.1, -0.05) is 0 Å². The zero-order chi connectivity index (χ0) is 14.5. The van der Waals surface area contributed by atoms with Crippen LogP contribution in [0, 0.1) is 11.3 Å². The standard InChI is InChI=1S/C14H14N2O3S/c15-7-1-8-16(11-3-4-11)14(19)13-10(6-9-20-13)2-5-12(17)18/h2,5-6,9,11H,1,3-4,8H2,(H,17,18). The normalized spacial score (nSPS) is 14.2. The summed E-state index contributed by atoms with van der Waals surface area (Å²) in [6, 6.07) is 4.01. The lowest BCUT2D eigenvalue weighted by Gasteiger charge is -2.20. The summed E-state index contributed by atoms with van der Waals surface area (Å²) in [5.74, 6) is -1.15. The minimum Gasteiger partial charge on any atom is -0.478 e. The van der Waals surface area contributed by atoms with Gasteiger partial charge in [-0.05, 0) is 35.9 Å². The van der Waals surface area contributed by atoms with Crippen LogP contribution >= 0.6 is 11.3 Å². The highest BCUT2D eigenvalue weighted by molar-refractivity contribution is 7.12. The van der Waals surface area contributed by atoms with Gasteiger partial charge >= 0.3 is 5.97 Å². The van der Waals surface area contributed by atoms with E-state index in [0.717, 1.165) is 18.9 Å². The van der Waals surface area contributed by atoms with Crippen molar-refractivity contribution in [3.05, 3.63) is 28.0 Å². The van der Waals surface area contributed by atoms with E-state index in [1.165, 1.54) is 17.4 Å². The van der Waals surface area contributed by atoms with E-state index in [1.807, 2.05) is 0 Å². The molecule has 0 aliphatic heterocycles. The van der Waals surface area contributed by atoms with Crippen molar-refractivity contribution in [3.8, 4) is 6.07 Å². The van der Waals surface area contributed by atoms with Gasteiger partial charge in [-0.15, -0.1) is 11.3 Å². The third kappa shape index (κ3) is 3.45. The Morgan fingerprint density at radius 1 is 1.55 bits per heavy atom. The number of amides is 1. The summed E-state index contributed by atoms with van der Waals surface area (Å²) < 4.78 is 0. The SMILES string of the molecule is N#CCCN(C(=O)c1sccc1C=CC(=O)O)C1CC1. The van der Waals surface area contributed by atoms with Crippen LogP contribution in [0.5, 0.6) is 0 Å². The maximum atomic E-state index is 12.5. The maximum absolute atomic E-state index is 12.5. The molecule has 1 amide bonds. The Hall–Kier alpha value is -2.13. The topological polar surface area (TPSA) is 81.4 Å². The molecule has 0 atom stereocenters. The van der Waals surface area contributed by atoms with Gasteiger partial charge in [-0.2, -0.15) is 5.26 Å². The number of thiophene rings is 1. The van der Waals surface area contributed by atoms with Crippen molar-refractivity contribution in [2.24, 2.45) is 0 Å². The van der Waals surface area contributed by atoms with Crippen LogP contribution in [0.25, 0.3) is 6.08 Å². The monoisotopic (exact) mass is 290 g/mol. The molecule has 1 N–H and O–H groups in total. The first kappa shape index (κ1) is 14.3. The fourth-order valence-electron chi connectivity index (χ4n) is 1.92. The van der Waals surface area contributed by atoms with E-state index < -0.39 is 5.97 Å². The predicted molar refractivity (Wildman–Crippen MR) is 75.3 cm³/mol. The lowest BCUT2D eigenvalue weighted by molar-refractivity contribution is -0.131. The van der Waals surface area contributed by atoms with E-state index in [-0.39, 0.29) is 11.9 Å². The molecule has 1 fully saturated rings. The molecule has 2 rings (SSSR count). The molecule has 1 heterocycles. The molecule has 20 heavy (non-hydrogen) atoms. The molecule has 0 radical (unpaired) electrons. The first-order valence-electron chi connectivity index (χ1n) is 6.30. The molecule has 104 valence electrons. The molecule has 1 aliphatic carbocycles. The third-order valence-corrected chi connectivity index (χ3v) is 3.93. The molecule has 0 aromatic carbocycles. The quantitative estimate of drug-likeness (QED) is 0.815. The van der Waals surface area contributed by atoms with Gasteiger partial charge in [0.25, 0.3) is 5.91 Å². The van der Waals surface area contributed by atoms with Gasteiger partial charge < -0.3 is 10.0 Å². The predicted octanol–water partition coefficient (Wildman–Crippen LogP) is 2.36. The van der Waals surface area contributed by atoms with Crippen molar-refractivity contribution in [2.45, 2.75) is 25.3 Å². The average molecular weight is 290 g/mol. The minimum atomic E-state index is -1.04. The number of hydrogen-bond donors (Lipinski definition) is 1. The number of carboxylic acids is 1. The molecule has 1 aromatic heterocycles. The zero-order valence-corrected chi connectivity index (χ0v) is 11.6. The first-order chi connectivity index (χ1) is 9.63. The van der Waals surface area contributed by atoms with Gasteiger partial charge in [-0.25, -0.2) is 4.79 Å². The fraction of sp³-hybridized carbons (Fsp3) is 0.357. The molecule has 5 nitrogen and oxygen atoms in total. The van der Waals surface area contributed by atoms with Crippen molar-refractivity contribution < 1.29 is 14.7 Å². The summed E-state index contributed by atoms with van der Waals surface area (Å²) in [7, 11) is 0. The van der Waals surface area contributed by atoms with Crippen molar-refractivity contribution in [3.63, 3.8) is 0 Å². The number of carboxylic acid groups (broad SMARTS) is 1. The Morgan fingerprint density at radius 3 is 2.90 bits per heavy atom. The van der Waals surface area contributed by atoms with Gasteiger partial charge in [0.2, 0.25) is 0 Å². The number of hydrogen-bond acceptors (Lipinski definition) is 4. The number of nitrogens with zero attached hydrogens (tertiary/aromatic N) is 2. The largest absolute Gasteiger partial charge is 0.478 e. The van der Waals surface area contributed by atoms with Crippen LogP contribution in [0.15, 0.2) is 17.5 Å². The van der Waals surface area contributed by atoms with Crippen LogP contribution in [-0.4, -0.2) is 34.5 Å². The molecule has 0 bridgehead atoms. The van der Waals surface area contributed by atoms with Gasteiger partial charge in [-0.3, -0.25) is 4.79 Å². The Labute approximate surface area is 120 Å². The van der Waals surface area contributed by atoms with Crippen LogP contribution in [0.2, 0.25) is 0 Å². The first-order valence-corrected chi connectivity index (χ1v) is 7.18. The summed E-state index contributed by atoms with van der Waals surface area (Å²) in [5.41, 5.74) is 0.616. The molecule has 0 saturated heterocycles. The Bertz CT molecular complexity index is 581. The van der Waals surface area contributed by atoms with Crippen LogP contribution < -0.4 is 0 Å². The third-order valence-electron chi connectivity index (χ3n) is 3.01. The molecule has 0 unspecified atom stereocenters.